The Hall–Kier alpha value is -2.64. The molecular weight excluding hydrogens is 383 g/mol. The molecule has 5 atom stereocenters. The molecule has 7 heteroatoms. The van der Waals surface area contributed by atoms with Crippen LogP contribution in [0.2, 0.25) is 0 Å². The topological polar surface area (TPSA) is 71.1 Å². The molecule has 1 aliphatic carbocycles. The summed E-state index contributed by atoms with van der Waals surface area (Å²) < 4.78 is 22.6. The lowest BCUT2D eigenvalue weighted by atomic mass is 9.51. The zero-order chi connectivity index (χ0) is 20.8. The lowest BCUT2D eigenvalue weighted by molar-refractivity contribution is -0.329. The van der Waals surface area contributed by atoms with Crippen LogP contribution in [0.15, 0.2) is 60.7 Å². The maximum atomic E-state index is 12.8. The van der Waals surface area contributed by atoms with Crippen molar-refractivity contribution in [2.24, 2.45) is 5.92 Å². The molecule has 2 saturated heterocycles. The number of ether oxygens (including phenoxy) is 4. The fraction of sp³-hybridized carbons (Fsp3) is 0.391. The summed E-state index contributed by atoms with van der Waals surface area (Å²) in [5.74, 6) is -1.11. The van der Waals surface area contributed by atoms with Gasteiger partial charge in [-0.3, -0.25) is 4.79 Å². The smallest absolute Gasteiger partial charge is 0.339 e. The van der Waals surface area contributed by atoms with Gasteiger partial charge in [-0.05, 0) is 11.1 Å². The number of carbonyl (C=O) groups excluding carboxylic acids is 2. The average molecular weight is 404 g/mol. The Kier molecular flexibility index (Phi) is 4.67. The summed E-state index contributed by atoms with van der Waals surface area (Å²) in [6, 6.07) is 18.2. The van der Waals surface area contributed by atoms with Crippen molar-refractivity contribution in [1.82, 2.24) is 0 Å². The van der Waals surface area contributed by atoms with E-state index in [1.165, 1.54) is 0 Å². The molecule has 1 saturated carbocycles. The van der Waals surface area contributed by atoms with Gasteiger partial charge in [0.15, 0.2) is 5.60 Å². The molecule has 2 aliphatic heterocycles. The number of benzene rings is 2. The molecule has 2 aromatic rings. The highest BCUT2D eigenvalue weighted by molar-refractivity contribution is 6.12. The molecule has 0 spiro atoms. The molecule has 30 heavy (non-hydrogen) atoms. The van der Waals surface area contributed by atoms with Gasteiger partial charge in [0.05, 0.1) is 24.0 Å². The molecule has 0 amide bonds. The Balaban J connectivity index is 1.21. The SMILES string of the molecule is [B][C@@H]1O[C@@]2(CC(=O)OCc3ccccc3)CC3(C(=O)OCc4ccccc4)OC1C32. The van der Waals surface area contributed by atoms with Gasteiger partial charge in [-0.15, -0.1) is 0 Å². The standard InChI is InChI=1S/C23H21BO6/c24-20-18-19-22(30-20,11-17(25)27-12-15-7-3-1-4-8-15)14-23(19,29-18)21(26)28-13-16-9-5-2-6-10-16/h1-10,18-20H,11-14H2/t18?,19?,20-,22+,23?/m1/s1. The predicted molar refractivity (Wildman–Crippen MR) is 106 cm³/mol. The number of esters is 2. The summed E-state index contributed by atoms with van der Waals surface area (Å²) in [6.45, 7) is 0.359. The highest BCUT2D eigenvalue weighted by Gasteiger charge is 2.83. The van der Waals surface area contributed by atoms with Crippen LogP contribution in [0.25, 0.3) is 0 Å². The van der Waals surface area contributed by atoms with Gasteiger partial charge >= 0.3 is 11.9 Å². The third-order valence-corrected chi connectivity index (χ3v) is 6.25. The molecule has 3 unspecified atom stereocenters. The maximum Gasteiger partial charge on any atom is 0.339 e. The Morgan fingerprint density at radius 2 is 1.53 bits per heavy atom. The summed E-state index contributed by atoms with van der Waals surface area (Å²) in [5, 5.41) is 0. The minimum absolute atomic E-state index is 0.0335. The van der Waals surface area contributed by atoms with Crippen molar-refractivity contribution in [3.05, 3.63) is 71.8 Å². The number of hydrogen-bond donors (Lipinski definition) is 0. The van der Waals surface area contributed by atoms with Crippen molar-refractivity contribution in [1.29, 1.82) is 0 Å². The average Bonchev–Trinajstić information content (AvgIpc) is 2.83. The third-order valence-electron chi connectivity index (χ3n) is 6.25. The Bertz CT molecular complexity index is 951. The van der Waals surface area contributed by atoms with E-state index in [9.17, 15) is 9.59 Å². The van der Waals surface area contributed by atoms with Gasteiger partial charge in [0.2, 0.25) is 0 Å². The molecule has 0 bridgehead atoms. The van der Waals surface area contributed by atoms with E-state index in [2.05, 4.69) is 0 Å². The molecule has 2 radical (unpaired) electrons. The summed E-state index contributed by atoms with van der Waals surface area (Å²) in [7, 11) is 6.04. The van der Waals surface area contributed by atoms with Gasteiger partial charge in [0.25, 0.3) is 0 Å². The van der Waals surface area contributed by atoms with Crippen LogP contribution in [-0.4, -0.2) is 43.1 Å². The van der Waals surface area contributed by atoms with Crippen molar-refractivity contribution < 1.29 is 28.5 Å². The summed E-state index contributed by atoms with van der Waals surface area (Å²) in [4.78, 5) is 25.3. The lowest BCUT2D eigenvalue weighted by Gasteiger charge is -2.64. The molecule has 152 valence electrons. The van der Waals surface area contributed by atoms with Gasteiger partial charge in [0, 0.05) is 12.4 Å². The molecule has 6 nitrogen and oxygen atoms in total. The fourth-order valence-corrected chi connectivity index (χ4v) is 4.93. The normalized spacial score (nSPS) is 33.0. The van der Waals surface area contributed by atoms with Crippen molar-refractivity contribution in [2.45, 2.75) is 49.4 Å². The minimum atomic E-state index is -1.08. The molecule has 0 N–H and O–H groups in total. The molecule has 5 rings (SSSR count). The first kappa shape index (κ1) is 19.3. The van der Waals surface area contributed by atoms with Gasteiger partial charge in [-0.25, -0.2) is 4.79 Å². The van der Waals surface area contributed by atoms with Crippen LogP contribution < -0.4 is 0 Å². The van der Waals surface area contributed by atoms with Crippen LogP contribution in [-0.2, 0) is 41.8 Å². The largest absolute Gasteiger partial charge is 0.461 e. The molecule has 3 fully saturated rings. The molecule has 3 aliphatic rings. The van der Waals surface area contributed by atoms with Crippen molar-refractivity contribution in [2.75, 3.05) is 0 Å². The van der Waals surface area contributed by atoms with E-state index in [0.29, 0.717) is 0 Å². The lowest BCUT2D eigenvalue weighted by Crippen LogP contribution is -2.79. The van der Waals surface area contributed by atoms with Gasteiger partial charge in [-0.1, -0.05) is 60.7 Å². The fourth-order valence-electron chi connectivity index (χ4n) is 4.93. The van der Waals surface area contributed by atoms with Crippen LogP contribution >= 0.6 is 0 Å². The second-order valence-electron chi connectivity index (χ2n) is 8.16. The van der Waals surface area contributed by atoms with Crippen molar-refractivity contribution >= 4 is 19.8 Å². The van der Waals surface area contributed by atoms with E-state index in [1.807, 2.05) is 60.7 Å². The summed E-state index contributed by atoms with van der Waals surface area (Å²) >= 11 is 0. The van der Waals surface area contributed by atoms with E-state index in [-0.39, 0.29) is 37.9 Å². The first-order valence-electron chi connectivity index (χ1n) is 10.0. The Labute approximate surface area is 175 Å². The van der Waals surface area contributed by atoms with Crippen LogP contribution in [0.3, 0.4) is 0 Å². The summed E-state index contributed by atoms with van der Waals surface area (Å²) in [6.07, 6.45) is -0.140. The highest BCUT2D eigenvalue weighted by Crippen LogP contribution is 2.68. The Morgan fingerprint density at radius 1 is 0.933 bits per heavy atom. The third kappa shape index (κ3) is 3.04. The van der Waals surface area contributed by atoms with Gasteiger partial charge < -0.3 is 18.9 Å². The zero-order valence-electron chi connectivity index (χ0n) is 16.4. The van der Waals surface area contributed by atoms with Gasteiger partial charge in [0.1, 0.15) is 21.1 Å². The molecule has 2 heterocycles. The van der Waals surface area contributed by atoms with Gasteiger partial charge in [-0.2, -0.15) is 0 Å². The highest BCUT2D eigenvalue weighted by atomic mass is 16.6. The van der Waals surface area contributed by atoms with Crippen molar-refractivity contribution in [3.8, 4) is 0 Å². The second-order valence-corrected chi connectivity index (χ2v) is 8.16. The number of rotatable bonds is 7. The van der Waals surface area contributed by atoms with E-state index in [4.69, 9.17) is 26.8 Å². The van der Waals surface area contributed by atoms with E-state index in [0.717, 1.165) is 11.1 Å². The minimum Gasteiger partial charge on any atom is -0.461 e. The first-order valence-corrected chi connectivity index (χ1v) is 10.0. The number of hydrogen-bond acceptors (Lipinski definition) is 6. The molecular formula is C23H21BO6. The predicted octanol–water partition coefficient (Wildman–Crippen LogP) is 2.28. The maximum absolute atomic E-state index is 12.8. The van der Waals surface area contributed by atoms with E-state index >= 15 is 0 Å². The number of carbonyl (C=O) groups is 2. The first-order chi connectivity index (χ1) is 14.5. The summed E-state index contributed by atoms with van der Waals surface area (Å²) in [5.41, 5.74) is -0.105. The van der Waals surface area contributed by atoms with Crippen LogP contribution in [0.1, 0.15) is 24.0 Å². The van der Waals surface area contributed by atoms with E-state index < -0.39 is 29.3 Å². The molecule has 0 aromatic heterocycles. The quantitative estimate of drug-likeness (QED) is 0.521. The van der Waals surface area contributed by atoms with Crippen LogP contribution in [0.4, 0.5) is 0 Å². The molecule has 2 aromatic carbocycles. The second kappa shape index (κ2) is 7.25. The van der Waals surface area contributed by atoms with Crippen LogP contribution in [0, 0.1) is 5.92 Å². The van der Waals surface area contributed by atoms with E-state index in [1.54, 1.807) is 0 Å². The van der Waals surface area contributed by atoms with Crippen molar-refractivity contribution in [3.63, 3.8) is 0 Å². The monoisotopic (exact) mass is 404 g/mol. The Morgan fingerprint density at radius 3 is 2.17 bits per heavy atom. The zero-order valence-corrected chi connectivity index (χ0v) is 16.4. The van der Waals surface area contributed by atoms with Crippen LogP contribution in [0.5, 0.6) is 0 Å².